The zero-order chi connectivity index (χ0) is 19.8. The van der Waals surface area contributed by atoms with Crippen LogP contribution < -0.4 is 10.6 Å². The van der Waals surface area contributed by atoms with Gasteiger partial charge in [-0.3, -0.25) is 9.89 Å². The predicted octanol–water partition coefficient (Wildman–Crippen LogP) is 2.68. The van der Waals surface area contributed by atoms with Crippen LogP contribution in [0.5, 0.6) is 0 Å². The van der Waals surface area contributed by atoms with Gasteiger partial charge in [-0.15, -0.1) is 24.0 Å². The first-order chi connectivity index (χ1) is 13.7. The van der Waals surface area contributed by atoms with E-state index >= 15 is 0 Å². The number of benzene rings is 1. The maximum absolute atomic E-state index is 4.80. The molecule has 1 aliphatic heterocycles. The second kappa shape index (κ2) is 12.1. The average molecular weight is 511 g/mol. The zero-order valence-electron chi connectivity index (χ0n) is 17.7. The SMILES string of the molecule is CCNC(=NCCC(C)N(C)Cc1ccccc1)NC1CCc2ncnn2C1.I. The summed E-state index contributed by atoms with van der Waals surface area (Å²) >= 11 is 0. The van der Waals surface area contributed by atoms with Crippen LogP contribution in [0.1, 0.15) is 38.1 Å². The van der Waals surface area contributed by atoms with Gasteiger partial charge in [0.2, 0.25) is 0 Å². The predicted molar refractivity (Wildman–Crippen MR) is 129 cm³/mol. The topological polar surface area (TPSA) is 70.4 Å². The number of fused-ring (bicyclic) bond motifs is 1. The molecule has 1 aromatic heterocycles. The molecule has 0 saturated carbocycles. The molecule has 29 heavy (non-hydrogen) atoms. The molecule has 0 saturated heterocycles. The largest absolute Gasteiger partial charge is 0.357 e. The van der Waals surface area contributed by atoms with E-state index < -0.39 is 0 Å². The summed E-state index contributed by atoms with van der Waals surface area (Å²) in [6.45, 7) is 7.84. The van der Waals surface area contributed by atoms with Gasteiger partial charge in [-0.05, 0) is 39.3 Å². The summed E-state index contributed by atoms with van der Waals surface area (Å²) in [5.74, 6) is 1.98. The molecule has 0 spiro atoms. The van der Waals surface area contributed by atoms with Gasteiger partial charge in [0.15, 0.2) is 5.96 Å². The number of rotatable bonds is 8. The average Bonchev–Trinajstić information content (AvgIpc) is 3.16. The van der Waals surface area contributed by atoms with Crippen molar-refractivity contribution in [3.8, 4) is 0 Å². The van der Waals surface area contributed by atoms with Gasteiger partial charge in [0.25, 0.3) is 0 Å². The minimum Gasteiger partial charge on any atom is -0.357 e. The third-order valence-corrected chi connectivity index (χ3v) is 5.33. The van der Waals surface area contributed by atoms with E-state index in [1.54, 1.807) is 6.33 Å². The third kappa shape index (κ3) is 7.26. The van der Waals surface area contributed by atoms with Crippen LogP contribution in [0, 0.1) is 0 Å². The summed E-state index contributed by atoms with van der Waals surface area (Å²) in [4.78, 5) is 11.5. The Labute approximate surface area is 191 Å². The summed E-state index contributed by atoms with van der Waals surface area (Å²) in [5, 5.41) is 11.2. The van der Waals surface area contributed by atoms with Crippen molar-refractivity contribution in [1.82, 2.24) is 30.3 Å². The van der Waals surface area contributed by atoms with E-state index in [9.17, 15) is 0 Å². The van der Waals surface area contributed by atoms with E-state index in [4.69, 9.17) is 4.99 Å². The molecular weight excluding hydrogens is 477 g/mol. The van der Waals surface area contributed by atoms with Crippen molar-refractivity contribution < 1.29 is 0 Å². The van der Waals surface area contributed by atoms with Gasteiger partial charge in [-0.1, -0.05) is 30.3 Å². The van der Waals surface area contributed by atoms with Crippen LogP contribution in [0.3, 0.4) is 0 Å². The minimum absolute atomic E-state index is 0. The Balaban J connectivity index is 0.00000300. The number of halogens is 1. The highest BCUT2D eigenvalue weighted by molar-refractivity contribution is 14.0. The summed E-state index contributed by atoms with van der Waals surface area (Å²) in [7, 11) is 2.18. The highest BCUT2D eigenvalue weighted by Gasteiger charge is 2.20. The quantitative estimate of drug-likeness (QED) is 0.324. The lowest BCUT2D eigenvalue weighted by Gasteiger charge is -2.26. The van der Waals surface area contributed by atoms with E-state index in [1.165, 1.54) is 5.56 Å². The number of nitrogens with zero attached hydrogens (tertiary/aromatic N) is 5. The molecule has 7 nitrogen and oxygen atoms in total. The molecule has 2 atom stereocenters. The van der Waals surface area contributed by atoms with E-state index in [-0.39, 0.29) is 24.0 Å². The van der Waals surface area contributed by atoms with Gasteiger partial charge >= 0.3 is 0 Å². The van der Waals surface area contributed by atoms with Gasteiger partial charge in [-0.2, -0.15) is 5.10 Å². The molecule has 0 radical (unpaired) electrons. The molecular formula is C21H34IN7. The van der Waals surface area contributed by atoms with Gasteiger partial charge < -0.3 is 10.6 Å². The van der Waals surface area contributed by atoms with Crippen molar-refractivity contribution in [1.29, 1.82) is 0 Å². The highest BCUT2D eigenvalue weighted by Crippen LogP contribution is 2.11. The number of nitrogens with one attached hydrogen (secondary N) is 2. The van der Waals surface area contributed by atoms with Crippen molar-refractivity contribution in [2.45, 2.75) is 58.3 Å². The first-order valence-corrected chi connectivity index (χ1v) is 10.3. The lowest BCUT2D eigenvalue weighted by Crippen LogP contribution is -2.47. The fourth-order valence-corrected chi connectivity index (χ4v) is 3.48. The molecule has 2 unspecified atom stereocenters. The van der Waals surface area contributed by atoms with Crippen LogP contribution in [0.2, 0.25) is 0 Å². The number of aromatic nitrogens is 3. The molecule has 2 heterocycles. The zero-order valence-corrected chi connectivity index (χ0v) is 20.0. The van der Waals surface area contributed by atoms with E-state index in [0.717, 1.165) is 57.2 Å². The van der Waals surface area contributed by atoms with E-state index in [1.807, 2.05) is 4.68 Å². The molecule has 0 fully saturated rings. The first kappa shape index (κ1) is 23.6. The number of aryl methyl sites for hydroxylation is 1. The van der Waals surface area contributed by atoms with Crippen LogP contribution in [0.4, 0.5) is 0 Å². The third-order valence-electron chi connectivity index (χ3n) is 5.33. The Hall–Kier alpha value is -1.68. The molecule has 3 rings (SSSR count). The van der Waals surface area contributed by atoms with Crippen molar-refractivity contribution in [3.05, 3.63) is 48.0 Å². The monoisotopic (exact) mass is 511 g/mol. The fourth-order valence-electron chi connectivity index (χ4n) is 3.48. The molecule has 2 aromatic rings. The normalized spacial score (nSPS) is 17.4. The molecule has 2 N–H and O–H groups in total. The molecule has 1 aromatic carbocycles. The maximum atomic E-state index is 4.80. The van der Waals surface area contributed by atoms with Crippen molar-refractivity contribution in [2.24, 2.45) is 4.99 Å². The summed E-state index contributed by atoms with van der Waals surface area (Å²) in [6, 6.07) is 11.4. The number of hydrogen-bond donors (Lipinski definition) is 2. The smallest absolute Gasteiger partial charge is 0.191 e. The van der Waals surface area contributed by atoms with Crippen LogP contribution in [-0.2, 0) is 19.5 Å². The van der Waals surface area contributed by atoms with Gasteiger partial charge in [-0.25, -0.2) is 9.67 Å². The Kier molecular flexibility index (Phi) is 9.86. The molecule has 0 bridgehead atoms. The van der Waals surface area contributed by atoms with Crippen molar-refractivity contribution >= 4 is 29.9 Å². The summed E-state index contributed by atoms with van der Waals surface area (Å²) in [5.41, 5.74) is 1.35. The Morgan fingerprint density at radius 1 is 1.34 bits per heavy atom. The standard InChI is InChI=1S/C21H33N7.HI/c1-4-22-21(26-19-10-11-20-24-16-25-28(20)15-19)23-13-12-17(2)27(3)14-18-8-6-5-7-9-18;/h5-9,16-17,19H,4,10-15H2,1-3H3,(H2,22,23,26);1H. The van der Waals surface area contributed by atoms with Crippen LogP contribution >= 0.6 is 24.0 Å². The van der Waals surface area contributed by atoms with Gasteiger partial charge in [0.05, 0.1) is 6.54 Å². The van der Waals surface area contributed by atoms with Crippen LogP contribution in [-0.4, -0.2) is 57.8 Å². The number of aliphatic imine (C=N–C) groups is 1. The Morgan fingerprint density at radius 2 is 2.14 bits per heavy atom. The van der Waals surface area contributed by atoms with Crippen LogP contribution in [0.25, 0.3) is 0 Å². The fraction of sp³-hybridized carbons (Fsp3) is 0.571. The maximum Gasteiger partial charge on any atom is 0.191 e. The summed E-state index contributed by atoms with van der Waals surface area (Å²) < 4.78 is 1.99. The second-order valence-corrected chi connectivity index (χ2v) is 7.54. The van der Waals surface area contributed by atoms with Crippen LogP contribution in [0.15, 0.2) is 41.7 Å². The first-order valence-electron chi connectivity index (χ1n) is 10.3. The lowest BCUT2D eigenvalue weighted by molar-refractivity contribution is 0.240. The minimum atomic E-state index is 0. The molecule has 0 amide bonds. The Morgan fingerprint density at radius 3 is 2.90 bits per heavy atom. The van der Waals surface area contributed by atoms with Crippen molar-refractivity contribution in [3.63, 3.8) is 0 Å². The number of hydrogen-bond acceptors (Lipinski definition) is 4. The molecule has 0 aliphatic carbocycles. The molecule has 1 aliphatic rings. The van der Waals surface area contributed by atoms with E-state index in [0.29, 0.717) is 12.1 Å². The van der Waals surface area contributed by atoms with Crippen molar-refractivity contribution in [2.75, 3.05) is 20.1 Å². The second-order valence-electron chi connectivity index (χ2n) is 7.54. The molecule has 8 heteroatoms. The van der Waals surface area contributed by atoms with E-state index in [2.05, 4.69) is 76.8 Å². The molecule has 160 valence electrons. The van der Waals surface area contributed by atoms with Gasteiger partial charge in [0.1, 0.15) is 12.2 Å². The number of guanidine groups is 1. The summed E-state index contributed by atoms with van der Waals surface area (Å²) in [6.07, 6.45) is 4.68. The Bertz CT molecular complexity index is 746. The highest BCUT2D eigenvalue weighted by atomic mass is 127. The van der Waals surface area contributed by atoms with Gasteiger partial charge in [0, 0.05) is 38.1 Å². The lowest BCUT2D eigenvalue weighted by atomic mass is 10.1.